The highest BCUT2D eigenvalue weighted by Gasteiger charge is 2.10. The van der Waals surface area contributed by atoms with Gasteiger partial charge < -0.3 is 10.1 Å². The van der Waals surface area contributed by atoms with E-state index >= 15 is 0 Å². The highest BCUT2D eigenvalue weighted by atomic mass is 32.2. The van der Waals surface area contributed by atoms with Crippen LogP contribution in [0.3, 0.4) is 0 Å². The van der Waals surface area contributed by atoms with Gasteiger partial charge >= 0.3 is 0 Å². The van der Waals surface area contributed by atoms with Crippen molar-refractivity contribution >= 4 is 23.4 Å². The van der Waals surface area contributed by atoms with Gasteiger partial charge in [0.1, 0.15) is 5.75 Å². The van der Waals surface area contributed by atoms with E-state index < -0.39 is 0 Å². The molecule has 0 spiro atoms. The molecule has 0 bridgehead atoms. The zero-order valence-electron chi connectivity index (χ0n) is 16.3. The van der Waals surface area contributed by atoms with Crippen molar-refractivity contribution in [3.8, 4) is 28.3 Å². The quantitative estimate of drug-likeness (QED) is 0.420. The molecule has 1 amide bonds. The van der Waals surface area contributed by atoms with Crippen LogP contribution in [0.2, 0.25) is 0 Å². The van der Waals surface area contributed by atoms with E-state index in [1.54, 1.807) is 7.11 Å². The van der Waals surface area contributed by atoms with E-state index in [2.05, 4.69) is 32.6 Å². The number of nitrogens with zero attached hydrogens (tertiary/aromatic N) is 2. The van der Waals surface area contributed by atoms with E-state index in [1.807, 2.05) is 66.7 Å². The summed E-state index contributed by atoms with van der Waals surface area (Å²) in [6.07, 6.45) is 0. The van der Waals surface area contributed by atoms with E-state index in [9.17, 15) is 4.79 Å². The van der Waals surface area contributed by atoms with Crippen LogP contribution in [-0.2, 0) is 4.79 Å². The largest absolute Gasteiger partial charge is 0.497 e. The Morgan fingerprint density at radius 1 is 0.933 bits per heavy atom. The molecule has 0 aliphatic rings. The number of benzene rings is 3. The summed E-state index contributed by atoms with van der Waals surface area (Å²) in [7, 11) is 1.63. The van der Waals surface area contributed by atoms with Gasteiger partial charge in [0.25, 0.3) is 0 Å². The van der Waals surface area contributed by atoms with Crippen LogP contribution in [0.1, 0.15) is 0 Å². The summed E-state index contributed by atoms with van der Waals surface area (Å²) in [4.78, 5) is 16.7. The van der Waals surface area contributed by atoms with Crippen LogP contribution >= 0.6 is 11.8 Å². The molecule has 150 valence electrons. The van der Waals surface area contributed by atoms with Gasteiger partial charge in [-0.15, -0.1) is 5.10 Å². The van der Waals surface area contributed by atoms with Crippen molar-refractivity contribution in [2.75, 3.05) is 18.2 Å². The van der Waals surface area contributed by atoms with Gasteiger partial charge in [-0.3, -0.25) is 9.89 Å². The second-order valence-electron chi connectivity index (χ2n) is 6.48. The van der Waals surface area contributed by atoms with Crippen LogP contribution in [0.5, 0.6) is 5.75 Å². The minimum atomic E-state index is -0.108. The third-order valence-electron chi connectivity index (χ3n) is 4.44. The number of ether oxygens (including phenoxy) is 1. The molecule has 0 atom stereocenters. The topological polar surface area (TPSA) is 79.9 Å². The fourth-order valence-electron chi connectivity index (χ4n) is 2.89. The predicted molar refractivity (Wildman–Crippen MR) is 120 cm³/mol. The molecule has 1 aromatic heterocycles. The van der Waals surface area contributed by atoms with Crippen molar-refractivity contribution in [2.45, 2.75) is 5.16 Å². The van der Waals surface area contributed by atoms with Crippen molar-refractivity contribution in [1.82, 2.24) is 15.2 Å². The number of carbonyl (C=O) groups is 1. The molecule has 0 saturated carbocycles. The number of rotatable bonds is 7. The number of nitrogens with one attached hydrogen (secondary N) is 2. The van der Waals surface area contributed by atoms with Gasteiger partial charge in [0, 0.05) is 11.3 Å². The standard InChI is InChI=1S/C23H20N4O2S/c1-29-20-13-9-18(10-14-20)22-25-23(27-26-22)30-15-21(28)24-19-11-7-17(8-12-19)16-5-3-2-4-6-16/h2-14H,15H2,1H3,(H,24,28)(H,25,26,27). The van der Waals surface area contributed by atoms with Crippen LogP contribution in [0.4, 0.5) is 5.69 Å². The first kappa shape index (κ1) is 19.7. The first-order chi connectivity index (χ1) is 14.7. The average Bonchev–Trinajstić information content (AvgIpc) is 3.28. The molecule has 0 fully saturated rings. The fourth-order valence-corrected chi connectivity index (χ4v) is 3.49. The Bertz CT molecular complexity index is 1110. The zero-order chi connectivity index (χ0) is 20.8. The van der Waals surface area contributed by atoms with Crippen LogP contribution in [0.15, 0.2) is 84.0 Å². The smallest absolute Gasteiger partial charge is 0.234 e. The Balaban J connectivity index is 1.31. The molecule has 0 saturated heterocycles. The van der Waals surface area contributed by atoms with Crippen LogP contribution in [-0.4, -0.2) is 34.0 Å². The number of hydrogen-bond acceptors (Lipinski definition) is 5. The van der Waals surface area contributed by atoms with Gasteiger partial charge in [0.05, 0.1) is 12.9 Å². The average molecular weight is 417 g/mol. The summed E-state index contributed by atoms with van der Waals surface area (Å²) >= 11 is 1.28. The Morgan fingerprint density at radius 2 is 1.60 bits per heavy atom. The maximum absolute atomic E-state index is 12.3. The molecule has 2 N–H and O–H groups in total. The third kappa shape index (κ3) is 4.87. The monoisotopic (exact) mass is 416 g/mol. The number of methoxy groups -OCH3 is 1. The molecule has 30 heavy (non-hydrogen) atoms. The second-order valence-corrected chi connectivity index (χ2v) is 7.42. The van der Waals surface area contributed by atoms with Gasteiger partial charge in [-0.05, 0) is 47.5 Å². The molecule has 3 aromatic carbocycles. The van der Waals surface area contributed by atoms with Gasteiger partial charge in [-0.25, -0.2) is 4.98 Å². The summed E-state index contributed by atoms with van der Waals surface area (Å²) in [5.41, 5.74) is 3.91. The number of H-pyrrole nitrogens is 1. The van der Waals surface area contributed by atoms with Gasteiger partial charge in [0.2, 0.25) is 11.1 Å². The lowest BCUT2D eigenvalue weighted by Crippen LogP contribution is -2.14. The molecular formula is C23H20N4O2S. The number of amides is 1. The van der Waals surface area contributed by atoms with Crippen molar-refractivity contribution in [3.63, 3.8) is 0 Å². The lowest BCUT2D eigenvalue weighted by molar-refractivity contribution is -0.113. The third-order valence-corrected chi connectivity index (χ3v) is 5.28. The lowest BCUT2D eigenvalue weighted by atomic mass is 10.1. The minimum Gasteiger partial charge on any atom is -0.497 e. The van der Waals surface area contributed by atoms with E-state index in [1.165, 1.54) is 11.8 Å². The summed E-state index contributed by atoms with van der Waals surface area (Å²) in [5.74, 6) is 1.54. The normalized spacial score (nSPS) is 10.6. The number of anilines is 1. The van der Waals surface area contributed by atoms with E-state index in [0.717, 1.165) is 28.1 Å². The molecule has 7 heteroatoms. The first-order valence-corrected chi connectivity index (χ1v) is 10.3. The Morgan fingerprint density at radius 3 is 2.30 bits per heavy atom. The molecule has 0 aliphatic heterocycles. The van der Waals surface area contributed by atoms with Gasteiger partial charge in [-0.1, -0.05) is 54.2 Å². The van der Waals surface area contributed by atoms with E-state index in [-0.39, 0.29) is 11.7 Å². The van der Waals surface area contributed by atoms with Crippen LogP contribution in [0, 0.1) is 0 Å². The van der Waals surface area contributed by atoms with Crippen molar-refractivity contribution in [3.05, 3.63) is 78.9 Å². The molecule has 0 aliphatic carbocycles. The molecule has 0 radical (unpaired) electrons. The summed E-state index contributed by atoms with van der Waals surface area (Å²) < 4.78 is 5.16. The number of hydrogen-bond donors (Lipinski definition) is 2. The molecule has 0 unspecified atom stereocenters. The highest BCUT2D eigenvalue weighted by molar-refractivity contribution is 7.99. The molecule has 4 aromatic rings. The second kappa shape index (κ2) is 9.28. The fraction of sp³-hybridized carbons (Fsp3) is 0.0870. The number of thioether (sulfide) groups is 1. The Kier molecular flexibility index (Phi) is 6.10. The highest BCUT2D eigenvalue weighted by Crippen LogP contribution is 2.23. The van der Waals surface area contributed by atoms with Crippen molar-refractivity contribution in [1.29, 1.82) is 0 Å². The van der Waals surface area contributed by atoms with E-state index in [0.29, 0.717) is 11.0 Å². The van der Waals surface area contributed by atoms with Crippen molar-refractivity contribution < 1.29 is 9.53 Å². The Hall–Kier alpha value is -3.58. The number of carbonyl (C=O) groups excluding carboxylic acids is 1. The molecule has 6 nitrogen and oxygen atoms in total. The Labute approximate surface area is 178 Å². The maximum Gasteiger partial charge on any atom is 0.234 e. The predicted octanol–water partition coefficient (Wildman–Crippen LogP) is 4.88. The molecule has 4 rings (SSSR count). The molecular weight excluding hydrogens is 396 g/mol. The van der Waals surface area contributed by atoms with Gasteiger partial charge in [0.15, 0.2) is 5.82 Å². The lowest BCUT2D eigenvalue weighted by Gasteiger charge is -2.06. The minimum absolute atomic E-state index is 0.108. The summed E-state index contributed by atoms with van der Waals surface area (Å²) in [6, 6.07) is 25.4. The van der Waals surface area contributed by atoms with Crippen molar-refractivity contribution in [2.24, 2.45) is 0 Å². The van der Waals surface area contributed by atoms with Crippen LogP contribution < -0.4 is 10.1 Å². The number of aromatic amines is 1. The zero-order valence-corrected chi connectivity index (χ0v) is 17.1. The SMILES string of the molecule is COc1ccc(-c2nc(SCC(=O)Nc3ccc(-c4ccccc4)cc3)n[nH]2)cc1. The summed E-state index contributed by atoms with van der Waals surface area (Å²) in [5, 5.41) is 10.5. The number of aromatic nitrogens is 3. The maximum atomic E-state index is 12.3. The molecule has 1 heterocycles. The first-order valence-electron chi connectivity index (χ1n) is 9.36. The summed E-state index contributed by atoms with van der Waals surface area (Å²) in [6.45, 7) is 0. The van der Waals surface area contributed by atoms with Crippen LogP contribution in [0.25, 0.3) is 22.5 Å². The van der Waals surface area contributed by atoms with E-state index in [4.69, 9.17) is 4.74 Å². The van der Waals surface area contributed by atoms with Gasteiger partial charge in [-0.2, -0.15) is 0 Å².